The van der Waals surface area contributed by atoms with Crippen molar-refractivity contribution in [2.75, 3.05) is 6.61 Å². The van der Waals surface area contributed by atoms with Crippen molar-refractivity contribution in [3.8, 4) is 5.75 Å². The number of hydrogen-bond acceptors (Lipinski definition) is 3. The van der Waals surface area contributed by atoms with Crippen molar-refractivity contribution in [3.63, 3.8) is 0 Å². The third-order valence-corrected chi connectivity index (χ3v) is 4.06. The summed E-state index contributed by atoms with van der Waals surface area (Å²) in [6, 6.07) is 5.89. The van der Waals surface area contributed by atoms with Gasteiger partial charge in [-0.3, -0.25) is 0 Å². The van der Waals surface area contributed by atoms with Crippen LogP contribution in [0, 0.1) is 12.5 Å². The van der Waals surface area contributed by atoms with Gasteiger partial charge in [0.25, 0.3) is 0 Å². The number of hydrogen-bond donors (Lipinski definition) is 0. The summed E-state index contributed by atoms with van der Waals surface area (Å²) in [5.41, 5.74) is 0.209. The molecule has 0 radical (unpaired) electrons. The molecule has 5 heteroatoms. The van der Waals surface area contributed by atoms with E-state index in [9.17, 15) is 0 Å². The molecule has 1 aromatic carbocycles. The quantitative estimate of drug-likeness (QED) is 0.679. The van der Waals surface area contributed by atoms with E-state index in [1.165, 1.54) is 0 Å². The van der Waals surface area contributed by atoms with Crippen molar-refractivity contribution in [1.29, 1.82) is 0 Å². The van der Waals surface area contributed by atoms with Crippen LogP contribution in [0.4, 0.5) is 0 Å². The molecule has 0 aromatic heterocycles. The maximum atomic E-state index is 6.10. The Morgan fingerprint density at radius 3 is 2.95 bits per heavy atom. The Kier molecular flexibility index (Phi) is 9.50. The molecular formula is C14H18ClCsO2S. The van der Waals surface area contributed by atoms with Gasteiger partial charge in [0.15, 0.2) is 0 Å². The van der Waals surface area contributed by atoms with E-state index in [1.54, 1.807) is 11.8 Å². The van der Waals surface area contributed by atoms with E-state index in [-0.39, 0.29) is 74.3 Å². The third-order valence-electron chi connectivity index (χ3n) is 2.66. The molecule has 2 atom stereocenters. The molecule has 19 heavy (non-hydrogen) atoms. The molecule has 2 nitrogen and oxygen atoms in total. The second-order valence-electron chi connectivity index (χ2n) is 4.47. The molecule has 0 bridgehead atoms. The van der Waals surface area contributed by atoms with Gasteiger partial charge in [-0.25, -0.2) is 6.61 Å². The fourth-order valence-electron chi connectivity index (χ4n) is 1.74. The van der Waals surface area contributed by atoms with E-state index in [1.807, 2.05) is 24.8 Å². The Labute approximate surface area is 183 Å². The van der Waals surface area contributed by atoms with Gasteiger partial charge in [-0.15, -0.1) is 5.92 Å². The van der Waals surface area contributed by atoms with Crippen LogP contribution in [0.25, 0.3) is 0 Å². The topological polar surface area (TPSA) is 18.5 Å². The zero-order valence-electron chi connectivity index (χ0n) is 11.7. The molecule has 1 aliphatic rings. The van der Waals surface area contributed by atoms with Crippen LogP contribution >= 0.6 is 23.4 Å². The van der Waals surface area contributed by atoms with Crippen molar-refractivity contribution >= 4 is 23.4 Å². The molecule has 0 spiro atoms. The summed E-state index contributed by atoms with van der Waals surface area (Å²) in [4.78, 5) is 1.14. The van der Waals surface area contributed by atoms with Gasteiger partial charge in [0.2, 0.25) is 0 Å². The smallest absolute Gasteiger partial charge is 0.542 e. The molecule has 100 valence electrons. The van der Waals surface area contributed by atoms with Crippen molar-refractivity contribution in [3.05, 3.63) is 29.8 Å². The fraction of sp³-hybridized carbons (Fsp3) is 0.500. The van der Waals surface area contributed by atoms with Crippen LogP contribution in [-0.2, 0) is 4.74 Å². The van der Waals surface area contributed by atoms with Gasteiger partial charge in [-0.2, -0.15) is 0 Å². The van der Waals surface area contributed by atoms with Crippen LogP contribution in [0.2, 0.25) is 5.02 Å². The van der Waals surface area contributed by atoms with Crippen molar-refractivity contribution in [2.24, 2.45) is 5.92 Å². The van der Waals surface area contributed by atoms with E-state index < -0.39 is 0 Å². The van der Waals surface area contributed by atoms with Crippen LogP contribution in [-0.4, -0.2) is 12.0 Å². The van der Waals surface area contributed by atoms with Crippen molar-refractivity contribution in [2.45, 2.75) is 37.0 Å². The molecule has 1 aliphatic heterocycles. The van der Waals surface area contributed by atoms with E-state index in [0.717, 1.165) is 23.5 Å². The summed E-state index contributed by atoms with van der Waals surface area (Å²) in [5.74, 6) is 1.30. The van der Waals surface area contributed by atoms with Crippen molar-refractivity contribution in [1.82, 2.24) is 0 Å². The first-order valence-electron chi connectivity index (χ1n) is 6.27. The summed E-state index contributed by atoms with van der Waals surface area (Å²) >= 11 is 7.82. The largest absolute Gasteiger partial charge is 1.00 e. The Morgan fingerprint density at radius 2 is 2.32 bits per heavy atom. The second-order valence-corrected chi connectivity index (χ2v) is 6.11. The monoisotopic (exact) mass is 418 g/mol. The number of benzene rings is 1. The Hall–Kier alpha value is 1.67. The fourth-order valence-corrected chi connectivity index (χ4v) is 3.06. The molecule has 0 N–H and O–H groups in total. The minimum absolute atomic E-state index is 0. The molecule has 0 saturated carbocycles. The number of halogens is 1. The molecule has 1 saturated heterocycles. The van der Waals surface area contributed by atoms with Gasteiger partial charge in [0, 0.05) is 4.90 Å². The average molecular weight is 419 g/mol. The second kappa shape index (κ2) is 9.64. The molecule has 1 fully saturated rings. The predicted molar refractivity (Wildman–Crippen MR) is 76.0 cm³/mol. The zero-order chi connectivity index (χ0) is 13.0. The van der Waals surface area contributed by atoms with E-state index in [4.69, 9.17) is 21.1 Å². The Morgan fingerprint density at radius 1 is 1.53 bits per heavy atom. The van der Waals surface area contributed by atoms with E-state index in [0.29, 0.717) is 17.5 Å². The predicted octanol–water partition coefficient (Wildman–Crippen LogP) is 1.77. The van der Waals surface area contributed by atoms with Crippen LogP contribution < -0.4 is 73.6 Å². The number of ether oxygens (including phenoxy) is 2. The first-order chi connectivity index (χ1) is 8.69. The maximum absolute atomic E-state index is 6.10. The van der Waals surface area contributed by atoms with Gasteiger partial charge in [-0.05, 0) is 31.0 Å². The standard InChI is InChI=1S/C14H18ClO2S.Cs/c1-3-6-16-13-8-11(4-5-12(13)15)18-14-7-10(2)9-17-14;/h4-5,8-10,14H,3,6-7H2,1-2H3;/q-1;+1/t10-,14?;/m1./s1. The third kappa shape index (κ3) is 6.12. The van der Waals surface area contributed by atoms with Crippen LogP contribution in [0.5, 0.6) is 5.75 Å². The molecule has 1 aromatic rings. The minimum atomic E-state index is 0. The molecule has 1 unspecified atom stereocenters. The van der Waals surface area contributed by atoms with Gasteiger partial charge >= 0.3 is 68.9 Å². The van der Waals surface area contributed by atoms with Crippen LogP contribution in [0.15, 0.2) is 23.1 Å². The minimum Gasteiger partial charge on any atom is -0.542 e. The number of rotatable bonds is 5. The molecule has 2 rings (SSSR count). The molecule has 0 amide bonds. The number of thioether (sulfide) groups is 1. The first kappa shape index (κ1) is 18.7. The summed E-state index contributed by atoms with van der Waals surface area (Å²) in [6.45, 7) is 6.86. The van der Waals surface area contributed by atoms with Gasteiger partial charge in [-0.1, -0.05) is 37.2 Å². The molecular weight excluding hydrogens is 401 g/mol. The Balaban J connectivity index is 0.00000180. The van der Waals surface area contributed by atoms with Crippen molar-refractivity contribution < 1.29 is 78.4 Å². The Bertz CT molecular complexity index is 403. The van der Waals surface area contributed by atoms with E-state index >= 15 is 0 Å². The SMILES string of the molecule is CCCOc1cc(SC2C[C@@H](C)[CH-]O2)ccc1Cl.[Cs+]. The molecule has 0 aliphatic carbocycles. The normalized spacial score (nSPS) is 22.1. The zero-order valence-corrected chi connectivity index (χ0v) is 19.5. The summed E-state index contributed by atoms with van der Waals surface area (Å²) in [6.07, 6.45) is 2.03. The summed E-state index contributed by atoms with van der Waals surface area (Å²) in [5, 5.41) is 0.667. The van der Waals surface area contributed by atoms with Gasteiger partial charge < -0.3 is 9.47 Å². The maximum Gasteiger partial charge on any atom is 1.00 e. The summed E-state index contributed by atoms with van der Waals surface area (Å²) < 4.78 is 11.2. The molecule has 1 heterocycles. The summed E-state index contributed by atoms with van der Waals surface area (Å²) in [7, 11) is 0. The average Bonchev–Trinajstić information content (AvgIpc) is 2.75. The van der Waals surface area contributed by atoms with Crippen LogP contribution in [0.3, 0.4) is 0 Å². The van der Waals surface area contributed by atoms with Gasteiger partial charge in [0.1, 0.15) is 5.75 Å². The van der Waals surface area contributed by atoms with Crippen LogP contribution in [0.1, 0.15) is 26.7 Å². The van der Waals surface area contributed by atoms with Gasteiger partial charge in [0.05, 0.1) is 17.1 Å². The first-order valence-corrected chi connectivity index (χ1v) is 7.52. The van der Waals surface area contributed by atoms with E-state index in [2.05, 4.69) is 13.8 Å².